The molecule has 0 spiro atoms. The standard InChI is InChI=1S/C14H12FNO4/c1-19-9-3-4-10(12(15)6-9)8-5-11(14(17)18)13(20-2)16-7-8/h3-7H,1-2H3,(H,17,18). The summed E-state index contributed by atoms with van der Waals surface area (Å²) >= 11 is 0. The van der Waals surface area contributed by atoms with Gasteiger partial charge in [-0.25, -0.2) is 14.2 Å². The lowest BCUT2D eigenvalue weighted by Gasteiger charge is -2.08. The molecule has 0 aliphatic heterocycles. The van der Waals surface area contributed by atoms with E-state index in [0.29, 0.717) is 11.3 Å². The summed E-state index contributed by atoms with van der Waals surface area (Å²) in [7, 11) is 2.76. The predicted molar refractivity (Wildman–Crippen MR) is 69.7 cm³/mol. The van der Waals surface area contributed by atoms with Gasteiger partial charge in [-0.15, -0.1) is 0 Å². The Morgan fingerprint density at radius 3 is 2.55 bits per heavy atom. The number of benzene rings is 1. The van der Waals surface area contributed by atoms with E-state index in [9.17, 15) is 9.18 Å². The summed E-state index contributed by atoms with van der Waals surface area (Å²) in [6, 6.07) is 5.63. The van der Waals surface area contributed by atoms with Crippen molar-refractivity contribution in [3.05, 3.63) is 41.8 Å². The summed E-state index contributed by atoms with van der Waals surface area (Å²) in [5.74, 6) is -1.35. The number of nitrogens with zero attached hydrogens (tertiary/aromatic N) is 1. The number of pyridine rings is 1. The Hall–Kier alpha value is -2.63. The fourth-order valence-electron chi connectivity index (χ4n) is 1.77. The van der Waals surface area contributed by atoms with Gasteiger partial charge in [0.15, 0.2) is 0 Å². The lowest BCUT2D eigenvalue weighted by molar-refractivity contribution is 0.0692. The second-order valence-electron chi connectivity index (χ2n) is 3.93. The van der Waals surface area contributed by atoms with Crippen molar-refractivity contribution in [2.75, 3.05) is 14.2 Å². The van der Waals surface area contributed by atoms with Gasteiger partial charge in [0.05, 0.1) is 14.2 Å². The Bertz CT molecular complexity index is 658. The smallest absolute Gasteiger partial charge is 0.341 e. The maximum absolute atomic E-state index is 14.0. The maximum atomic E-state index is 14.0. The average Bonchev–Trinajstić information content (AvgIpc) is 2.46. The molecule has 0 atom stereocenters. The van der Waals surface area contributed by atoms with Gasteiger partial charge in [0.25, 0.3) is 0 Å². The first-order valence-corrected chi connectivity index (χ1v) is 5.68. The number of carboxylic acids is 1. The van der Waals surface area contributed by atoms with Gasteiger partial charge in [-0.05, 0) is 18.2 Å². The van der Waals surface area contributed by atoms with Crippen molar-refractivity contribution < 1.29 is 23.8 Å². The molecule has 0 amide bonds. The molecule has 0 saturated carbocycles. The van der Waals surface area contributed by atoms with Crippen molar-refractivity contribution >= 4 is 5.97 Å². The molecule has 1 N–H and O–H groups in total. The highest BCUT2D eigenvalue weighted by Crippen LogP contribution is 2.28. The van der Waals surface area contributed by atoms with E-state index in [-0.39, 0.29) is 17.0 Å². The van der Waals surface area contributed by atoms with Crippen molar-refractivity contribution in [3.63, 3.8) is 0 Å². The first-order chi connectivity index (χ1) is 9.56. The van der Waals surface area contributed by atoms with Gasteiger partial charge >= 0.3 is 5.97 Å². The van der Waals surface area contributed by atoms with Gasteiger partial charge in [-0.2, -0.15) is 0 Å². The quantitative estimate of drug-likeness (QED) is 0.930. The van der Waals surface area contributed by atoms with Crippen molar-refractivity contribution in [2.45, 2.75) is 0 Å². The molecule has 6 heteroatoms. The van der Waals surface area contributed by atoms with Gasteiger partial charge in [-0.1, -0.05) is 0 Å². The van der Waals surface area contributed by atoms with E-state index in [1.54, 1.807) is 6.07 Å². The fourth-order valence-corrected chi connectivity index (χ4v) is 1.77. The average molecular weight is 277 g/mol. The first kappa shape index (κ1) is 13.8. The van der Waals surface area contributed by atoms with E-state index in [2.05, 4.69) is 4.98 Å². The topological polar surface area (TPSA) is 68.7 Å². The number of carboxylic acid groups (broad SMARTS) is 1. The van der Waals surface area contributed by atoms with Crippen LogP contribution in [0.25, 0.3) is 11.1 Å². The van der Waals surface area contributed by atoms with Crippen LogP contribution in [0.4, 0.5) is 4.39 Å². The van der Waals surface area contributed by atoms with Crippen LogP contribution in [0.1, 0.15) is 10.4 Å². The third-order valence-electron chi connectivity index (χ3n) is 2.76. The molecule has 5 nitrogen and oxygen atoms in total. The van der Waals surface area contributed by atoms with Gasteiger partial charge in [0, 0.05) is 23.4 Å². The van der Waals surface area contributed by atoms with E-state index in [0.717, 1.165) is 0 Å². The highest BCUT2D eigenvalue weighted by Gasteiger charge is 2.15. The minimum absolute atomic E-state index is 0.0184. The van der Waals surface area contributed by atoms with Gasteiger partial charge in [0.1, 0.15) is 17.1 Å². The highest BCUT2D eigenvalue weighted by molar-refractivity contribution is 5.91. The third kappa shape index (κ3) is 2.54. The van der Waals surface area contributed by atoms with Crippen LogP contribution in [0.5, 0.6) is 11.6 Å². The van der Waals surface area contributed by atoms with E-state index >= 15 is 0 Å². The monoisotopic (exact) mass is 277 g/mol. The van der Waals surface area contributed by atoms with Crippen LogP contribution in [0.15, 0.2) is 30.5 Å². The van der Waals surface area contributed by atoms with Crippen LogP contribution in [-0.2, 0) is 0 Å². The second-order valence-corrected chi connectivity index (χ2v) is 3.93. The predicted octanol–water partition coefficient (Wildman–Crippen LogP) is 2.60. The molecular formula is C14H12FNO4. The van der Waals surface area contributed by atoms with Gasteiger partial charge in [0.2, 0.25) is 5.88 Å². The van der Waals surface area contributed by atoms with Crippen molar-refractivity contribution in [1.82, 2.24) is 4.98 Å². The number of hydrogen-bond acceptors (Lipinski definition) is 4. The number of aromatic nitrogens is 1. The molecule has 1 aromatic heterocycles. The highest BCUT2D eigenvalue weighted by atomic mass is 19.1. The Morgan fingerprint density at radius 2 is 2.00 bits per heavy atom. The molecule has 104 valence electrons. The second kappa shape index (κ2) is 5.56. The van der Waals surface area contributed by atoms with Crippen LogP contribution in [-0.4, -0.2) is 30.3 Å². The molecule has 0 unspecified atom stereocenters. The number of ether oxygens (including phenoxy) is 2. The summed E-state index contributed by atoms with van der Waals surface area (Å²) in [4.78, 5) is 15.0. The third-order valence-corrected chi connectivity index (χ3v) is 2.76. The molecular weight excluding hydrogens is 265 g/mol. The molecule has 0 bridgehead atoms. The van der Waals surface area contributed by atoms with Crippen LogP contribution in [0, 0.1) is 5.82 Å². The van der Waals surface area contributed by atoms with Gasteiger partial charge in [-0.3, -0.25) is 0 Å². The number of aromatic carboxylic acids is 1. The minimum Gasteiger partial charge on any atom is -0.497 e. The van der Waals surface area contributed by atoms with Crippen LogP contribution in [0.3, 0.4) is 0 Å². The first-order valence-electron chi connectivity index (χ1n) is 5.68. The zero-order valence-corrected chi connectivity index (χ0v) is 10.9. The SMILES string of the molecule is COc1ccc(-c2cnc(OC)c(C(=O)O)c2)c(F)c1. The number of methoxy groups -OCH3 is 2. The molecule has 1 heterocycles. The molecule has 0 fully saturated rings. The Labute approximate surface area is 114 Å². The summed E-state index contributed by atoms with van der Waals surface area (Å²) in [5.41, 5.74) is 0.465. The van der Waals surface area contributed by atoms with Gasteiger partial charge < -0.3 is 14.6 Å². The fraction of sp³-hybridized carbons (Fsp3) is 0.143. The lowest BCUT2D eigenvalue weighted by Crippen LogP contribution is -2.03. The summed E-state index contributed by atoms with van der Waals surface area (Å²) in [6.07, 6.45) is 1.36. The molecule has 2 aromatic rings. The zero-order valence-electron chi connectivity index (χ0n) is 10.9. The van der Waals surface area contributed by atoms with Crippen molar-refractivity contribution in [2.24, 2.45) is 0 Å². The zero-order chi connectivity index (χ0) is 14.7. The molecule has 2 rings (SSSR count). The number of carbonyl (C=O) groups is 1. The van der Waals surface area contributed by atoms with Crippen LogP contribution in [0.2, 0.25) is 0 Å². The molecule has 0 aliphatic carbocycles. The van der Waals surface area contributed by atoms with Crippen molar-refractivity contribution in [1.29, 1.82) is 0 Å². The molecule has 1 aromatic carbocycles. The molecule has 0 radical (unpaired) electrons. The Morgan fingerprint density at radius 1 is 1.25 bits per heavy atom. The minimum atomic E-state index is -1.19. The molecule has 20 heavy (non-hydrogen) atoms. The van der Waals surface area contributed by atoms with Crippen LogP contribution < -0.4 is 9.47 Å². The largest absolute Gasteiger partial charge is 0.497 e. The number of hydrogen-bond donors (Lipinski definition) is 1. The van der Waals surface area contributed by atoms with E-state index < -0.39 is 11.8 Å². The lowest BCUT2D eigenvalue weighted by atomic mass is 10.0. The number of halogens is 1. The summed E-state index contributed by atoms with van der Waals surface area (Å²) in [6.45, 7) is 0. The van der Waals surface area contributed by atoms with E-state index in [1.165, 1.54) is 38.6 Å². The Kier molecular flexibility index (Phi) is 3.84. The molecule has 0 aliphatic rings. The normalized spacial score (nSPS) is 10.2. The summed E-state index contributed by atoms with van der Waals surface area (Å²) < 4.78 is 23.7. The van der Waals surface area contributed by atoms with E-state index in [4.69, 9.17) is 14.6 Å². The van der Waals surface area contributed by atoms with Crippen LogP contribution >= 0.6 is 0 Å². The van der Waals surface area contributed by atoms with E-state index in [1.807, 2.05) is 0 Å². The Balaban J connectivity index is 2.53. The summed E-state index contributed by atoms with van der Waals surface area (Å²) in [5, 5.41) is 9.09. The number of rotatable bonds is 4. The molecule has 0 saturated heterocycles. The van der Waals surface area contributed by atoms with Crippen molar-refractivity contribution in [3.8, 4) is 22.8 Å². The maximum Gasteiger partial charge on any atom is 0.341 e.